The summed E-state index contributed by atoms with van der Waals surface area (Å²) in [7, 11) is 0. The van der Waals surface area contributed by atoms with Gasteiger partial charge in [0.25, 0.3) is 0 Å². The van der Waals surface area contributed by atoms with Crippen LogP contribution in [0.5, 0.6) is 5.75 Å². The number of nitrogen functional groups attached to an aromatic ring is 1. The van der Waals surface area contributed by atoms with Gasteiger partial charge in [0.1, 0.15) is 24.3 Å². The third-order valence-electron chi connectivity index (χ3n) is 2.33. The van der Waals surface area contributed by atoms with E-state index < -0.39 is 0 Å². The molecule has 0 spiro atoms. The molecule has 0 bridgehead atoms. The maximum absolute atomic E-state index is 5.70. The molecule has 6 N–H and O–H groups in total. The Morgan fingerprint density at radius 3 is 2.72 bits per heavy atom. The third-order valence-corrected chi connectivity index (χ3v) is 2.33. The van der Waals surface area contributed by atoms with E-state index in [-0.39, 0.29) is 0 Å². The van der Waals surface area contributed by atoms with Crippen molar-refractivity contribution in [3.05, 3.63) is 42.4 Å². The minimum absolute atomic E-state index is 0.624. The Kier molecular flexibility index (Phi) is 3.80. The molecule has 6 nitrogen and oxygen atoms in total. The maximum atomic E-state index is 5.70. The molecule has 6 heteroatoms. The lowest BCUT2D eigenvalue weighted by Gasteiger charge is -2.19. The first kappa shape index (κ1) is 12.0. The molecule has 2 aliphatic rings. The fourth-order valence-corrected chi connectivity index (χ4v) is 1.51. The number of benzene rings is 1. The predicted molar refractivity (Wildman–Crippen MR) is 70.5 cm³/mol. The number of hydrogen-bond donors (Lipinski definition) is 4. The van der Waals surface area contributed by atoms with Gasteiger partial charge in [-0.05, 0) is 18.2 Å². The van der Waals surface area contributed by atoms with Crippen LogP contribution in [0.3, 0.4) is 0 Å². The van der Waals surface area contributed by atoms with Crippen LogP contribution in [0.15, 0.2) is 42.4 Å². The number of para-hydroxylation sites is 1. The average Bonchev–Trinajstić information content (AvgIpc) is 2.41. The topological polar surface area (TPSA) is 94.6 Å². The number of ether oxygens (including phenoxy) is 1. The molecule has 0 aromatic heterocycles. The summed E-state index contributed by atoms with van der Waals surface area (Å²) in [6.07, 6.45) is 4.76. The quantitative estimate of drug-likeness (QED) is 0.510. The van der Waals surface area contributed by atoms with Crippen LogP contribution in [0, 0.1) is 0 Å². The Bertz CT molecular complexity index is 471. The second kappa shape index (κ2) is 5.72. The van der Waals surface area contributed by atoms with E-state index in [0.717, 1.165) is 30.3 Å². The van der Waals surface area contributed by atoms with E-state index in [4.69, 9.17) is 16.2 Å². The van der Waals surface area contributed by atoms with Gasteiger partial charge in [0.05, 0.1) is 11.4 Å². The smallest absolute Gasteiger partial charge is 0.144 e. The highest BCUT2D eigenvalue weighted by molar-refractivity contribution is 5.74. The van der Waals surface area contributed by atoms with E-state index in [0.29, 0.717) is 5.70 Å². The highest BCUT2D eigenvalue weighted by Crippen LogP contribution is 2.31. The van der Waals surface area contributed by atoms with Gasteiger partial charge in [-0.3, -0.25) is 0 Å². The first-order valence-corrected chi connectivity index (χ1v) is 5.56. The molecular weight excluding hydrogens is 232 g/mol. The third kappa shape index (κ3) is 3.00. The lowest BCUT2D eigenvalue weighted by Crippen LogP contribution is -2.18. The Balaban J connectivity index is 0.000000149. The summed E-state index contributed by atoms with van der Waals surface area (Å²) in [5, 5.41) is 3.18. The zero-order valence-corrected chi connectivity index (χ0v) is 9.85. The fraction of sp³-hybridized carbons (Fsp3) is 0.167. The van der Waals surface area contributed by atoms with Crippen molar-refractivity contribution < 1.29 is 9.57 Å². The number of nitrogens with two attached hydrogens (primary N) is 2. The summed E-state index contributed by atoms with van der Waals surface area (Å²) in [5.74, 6) is 0.858. The molecule has 1 aromatic carbocycles. The molecule has 18 heavy (non-hydrogen) atoms. The summed E-state index contributed by atoms with van der Waals surface area (Å²) in [4.78, 5) is 4.56. The van der Waals surface area contributed by atoms with Gasteiger partial charge in [-0.25, -0.2) is 5.48 Å². The molecule has 0 aliphatic carbocycles. The van der Waals surface area contributed by atoms with Crippen molar-refractivity contribution >= 4 is 11.4 Å². The van der Waals surface area contributed by atoms with Gasteiger partial charge in [0.2, 0.25) is 0 Å². The first-order valence-electron chi connectivity index (χ1n) is 5.56. The SMILES string of the molecule is NC1=CONC=C1.Nc1cccc2c1NCCO2. The van der Waals surface area contributed by atoms with Crippen molar-refractivity contribution in [2.24, 2.45) is 5.73 Å². The molecule has 2 heterocycles. The van der Waals surface area contributed by atoms with Crippen molar-refractivity contribution in [2.45, 2.75) is 0 Å². The molecule has 0 saturated heterocycles. The standard InChI is InChI=1S/C8H10N2O.C4H6N2O/c9-6-2-1-3-7-8(6)10-4-5-11-7;5-4-1-2-6-7-3-4/h1-3,10H,4-5,9H2;1-3,6H,5H2. The van der Waals surface area contributed by atoms with Crippen molar-refractivity contribution in [3.8, 4) is 5.75 Å². The molecule has 3 rings (SSSR count). The van der Waals surface area contributed by atoms with Crippen LogP contribution in [0.1, 0.15) is 0 Å². The van der Waals surface area contributed by atoms with E-state index in [2.05, 4.69) is 15.6 Å². The number of hydrogen-bond acceptors (Lipinski definition) is 6. The maximum Gasteiger partial charge on any atom is 0.144 e. The molecule has 96 valence electrons. The summed E-state index contributed by atoms with van der Waals surface area (Å²) >= 11 is 0. The normalized spacial score (nSPS) is 15.4. The van der Waals surface area contributed by atoms with Crippen molar-refractivity contribution in [3.63, 3.8) is 0 Å². The summed E-state index contributed by atoms with van der Waals surface area (Å²) in [6.45, 7) is 1.55. The van der Waals surface area contributed by atoms with E-state index in [1.54, 1.807) is 12.3 Å². The Labute approximate surface area is 105 Å². The number of nitrogens with one attached hydrogen (secondary N) is 2. The van der Waals surface area contributed by atoms with Crippen LogP contribution < -0.4 is 27.0 Å². The predicted octanol–water partition coefficient (Wildman–Crippen LogP) is 0.908. The zero-order chi connectivity index (χ0) is 12.8. The van der Waals surface area contributed by atoms with Gasteiger partial charge in [-0.1, -0.05) is 6.07 Å². The lowest BCUT2D eigenvalue weighted by atomic mass is 10.2. The molecule has 0 radical (unpaired) electrons. The van der Waals surface area contributed by atoms with E-state index in [1.807, 2.05) is 18.2 Å². The number of rotatable bonds is 0. The highest BCUT2D eigenvalue weighted by Gasteiger charge is 2.10. The van der Waals surface area contributed by atoms with Crippen molar-refractivity contribution in [2.75, 3.05) is 24.2 Å². The van der Waals surface area contributed by atoms with Gasteiger partial charge in [0.15, 0.2) is 0 Å². The molecule has 0 amide bonds. The molecule has 0 unspecified atom stereocenters. The van der Waals surface area contributed by atoms with Crippen molar-refractivity contribution in [1.82, 2.24) is 5.48 Å². The Hall–Kier alpha value is -2.50. The lowest BCUT2D eigenvalue weighted by molar-refractivity contribution is 0.169. The van der Waals surface area contributed by atoms with E-state index >= 15 is 0 Å². The fourth-order valence-electron chi connectivity index (χ4n) is 1.51. The first-order chi connectivity index (χ1) is 8.77. The molecule has 2 aliphatic heterocycles. The largest absolute Gasteiger partial charge is 0.490 e. The summed E-state index contributed by atoms with van der Waals surface area (Å²) in [6, 6.07) is 5.67. The van der Waals surface area contributed by atoms with Gasteiger partial charge in [-0.15, -0.1) is 0 Å². The van der Waals surface area contributed by atoms with Crippen LogP contribution in [0.4, 0.5) is 11.4 Å². The number of hydroxylamine groups is 1. The number of anilines is 2. The van der Waals surface area contributed by atoms with E-state index in [9.17, 15) is 0 Å². The summed E-state index contributed by atoms with van der Waals surface area (Å²) in [5.41, 5.74) is 15.7. The summed E-state index contributed by atoms with van der Waals surface area (Å²) < 4.78 is 5.36. The second-order valence-corrected chi connectivity index (χ2v) is 3.68. The van der Waals surface area contributed by atoms with Gasteiger partial charge >= 0.3 is 0 Å². The van der Waals surface area contributed by atoms with Crippen LogP contribution >= 0.6 is 0 Å². The Morgan fingerprint density at radius 2 is 2.11 bits per heavy atom. The van der Waals surface area contributed by atoms with Gasteiger partial charge < -0.3 is 26.4 Å². The van der Waals surface area contributed by atoms with Crippen LogP contribution in [-0.4, -0.2) is 13.2 Å². The molecular formula is C12H16N4O2. The number of allylic oxidation sites excluding steroid dienone is 1. The second-order valence-electron chi connectivity index (χ2n) is 3.68. The number of fused-ring (bicyclic) bond motifs is 1. The highest BCUT2D eigenvalue weighted by atomic mass is 16.6. The van der Waals surface area contributed by atoms with Gasteiger partial charge in [-0.2, -0.15) is 0 Å². The average molecular weight is 248 g/mol. The van der Waals surface area contributed by atoms with Crippen LogP contribution in [0.25, 0.3) is 0 Å². The van der Waals surface area contributed by atoms with Crippen LogP contribution in [-0.2, 0) is 4.84 Å². The minimum Gasteiger partial charge on any atom is -0.490 e. The molecule has 1 aromatic rings. The van der Waals surface area contributed by atoms with E-state index in [1.165, 1.54) is 6.26 Å². The van der Waals surface area contributed by atoms with Crippen LogP contribution in [0.2, 0.25) is 0 Å². The molecule has 0 fully saturated rings. The molecule has 0 saturated carbocycles. The molecule has 0 atom stereocenters. The monoisotopic (exact) mass is 248 g/mol. The minimum atomic E-state index is 0.624. The van der Waals surface area contributed by atoms with Crippen molar-refractivity contribution in [1.29, 1.82) is 0 Å². The van der Waals surface area contributed by atoms with Gasteiger partial charge in [0, 0.05) is 12.7 Å². The Morgan fingerprint density at radius 1 is 1.22 bits per heavy atom. The zero-order valence-electron chi connectivity index (χ0n) is 9.85.